The van der Waals surface area contributed by atoms with Gasteiger partial charge in [0.15, 0.2) is 6.10 Å². The van der Waals surface area contributed by atoms with E-state index in [0.717, 1.165) is 0 Å². The highest BCUT2D eigenvalue weighted by atomic mass is 19.1. The summed E-state index contributed by atoms with van der Waals surface area (Å²) in [6, 6.07) is 0. The van der Waals surface area contributed by atoms with E-state index in [1.54, 1.807) is 13.8 Å². The quantitative estimate of drug-likeness (QED) is 0.824. The van der Waals surface area contributed by atoms with Crippen LogP contribution in [0.3, 0.4) is 0 Å². The molecule has 0 saturated carbocycles. The van der Waals surface area contributed by atoms with Crippen LogP contribution in [0.5, 0.6) is 5.88 Å². The van der Waals surface area contributed by atoms with Gasteiger partial charge in [-0.1, -0.05) is 13.8 Å². The Morgan fingerprint density at radius 2 is 2.21 bits per heavy atom. The molecule has 1 aromatic rings. The molecule has 19 heavy (non-hydrogen) atoms. The number of hydrogen-bond donors (Lipinski definition) is 1. The van der Waals surface area contributed by atoms with Crippen molar-refractivity contribution in [1.82, 2.24) is 15.3 Å². The number of nitrogens with one attached hydrogen (secondary N) is 1. The van der Waals surface area contributed by atoms with Crippen molar-refractivity contribution >= 4 is 11.8 Å². The van der Waals surface area contributed by atoms with E-state index in [4.69, 9.17) is 4.74 Å². The van der Waals surface area contributed by atoms with E-state index in [2.05, 4.69) is 15.3 Å². The molecule has 1 aliphatic rings. The molecule has 0 radical (unpaired) electrons. The van der Waals surface area contributed by atoms with Crippen molar-refractivity contribution in [2.75, 3.05) is 0 Å². The molecule has 6 nitrogen and oxygen atoms in total. The molecule has 102 valence electrons. The lowest BCUT2D eigenvalue weighted by atomic mass is 10.1. The van der Waals surface area contributed by atoms with Crippen molar-refractivity contribution in [3.05, 3.63) is 17.8 Å². The van der Waals surface area contributed by atoms with Gasteiger partial charge in [0.2, 0.25) is 17.7 Å². The Kier molecular flexibility index (Phi) is 3.73. The summed E-state index contributed by atoms with van der Waals surface area (Å²) in [5.74, 6) is -1.72. The zero-order valence-electron chi connectivity index (χ0n) is 10.6. The molecule has 1 saturated heterocycles. The van der Waals surface area contributed by atoms with Gasteiger partial charge in [-0.05, 0) is 0 Å². The first kappa shape index (κ1) is 13.4. The maximum atomic E-state index is 13.6. The van der Waals surface area contributed by atoms with E-state index in [1.807, 2.05) is 0 Å². The summed E-state index contributed by atoms with van der Waals surface area (Å²) in [4.78, 5) is 30.0. The van der Waals surface area contributed by atoms with Crippen LogP contribution < -0.4 is 10.1 Å². The van der Waals surface area contributed by atoms with Gasteiger partial charge >= 0.3 is 0 Å². The molecule has 1 fully saturated rings. The molecule has 1 N–H and O–H groups in total. The van der Waals surface area contributed by atoms with Gasteiger partial charge in [-0.25, -0.2) is 0 Å². The van der Waals surface area contributed by atoms with Crippen molar-refractivity contribution in [2.24, 2.45) is 0 Å². The van der Waals surface area contributed by atoms with E-state index < -0.39 is 18.0 Å². The molecule has 2 heterocycles. The Bertz CT molecular complexity index is 519. The molecule has 1 unspecified atom stereocenters. The first-order valence-corrected chi connectivity index (χ1v) is 6.00. The topological polar surface area (TPSA) is 81.2 Å². The number of aromatic nitrogens is 2. The second-order valence-electron chi connectivity index (χ2n) is 4.60. The smallest absolute Gasteiger partial charge is 0.267 e. The summed E-state index contributed by atoms with van der Waals surface area (Å²) in [6.45, 7) is 3.60. The number of hydrogen-bond acceptors (Lipinski definition) is 5. The third-order valence-corrected chi connectivity index (χ3v) is 2.73. The second kappa shape index (κ2) is 5.29. The van der Waals surface area contributed by atoms with Gasteiger partial charge in [0.25, 0.3) is 5.91 Å². The van der Waals surface area contributed by atoms with Crippen LogP contribution in [-0.2, 0) is 9.59 Å². The minimum atomic E-state index is -0.837. The lowest BCUT2D eigenvalue weighted by Gasteiger charge is -2.21. The Morgan fingerprint density at radius 3 is 2.79 bits per heavy atom. The Hall–Kier alpha value is -2.05. The third-order valence-electron chi connectivity index (χ3n) is 2.73. The Labute approximate surface area is 109 Å². The maximum absolute atomic E-state index is 13.6. The van der Waals surface area contributed by atoms with Crippen LogP contribution in [-0.4, -0.2) is 27.9 Å². The average molecular weight is 267 g/mol. The molecule has 0 bridgehead atoms. The molecule has 2 rings (SSSR count). The summed E-state index contributed by atoms with van der Waals surface area (Å²) in [5, 5.41) is 2.15. The first-order chi connectivity index (χ1) is 8.97. The summed E-state index contributed by atoms with van der Waals surface area (Å²) < 4.78 is 18.9. The van der Waals surface area contributed by atoms with Crippen LogP contribution in [0.2, 0.25) is 0 Å². The number of carbonyl (C=O) groups excluding carboxylic acids is 2. The molecule has 1 aliphatic heterocycles. The van der Waals surface area contributed by atoms with Crippen molar-refractivity contribution < 1.29 is 18.7 Å². The number of nitrogens with zero attached hydrogens (tertiary/aromatic N) is 2. The fraction of sp³-hybridized carbons (Fsp3) is 0.500. The van der Waals surface area contributed by atoms with Gasteiger partial charge < -0.3 is 4.74 Å². The Balaban J connectivity index is 2.09. The highest BCUT2D eigenvalue weighted by molar-refractivity contribution is 5.99. The number of amides is 2. The predicted octanol–water partition coefficient (Wildman–Crippen LogP) is 0.923. The van der Waals surface area contributed by atoms with Crippen LogP contribution in [0, 0.1) is 5.95 Å². The molecule has 0 aliphatic carbocycles. The summed E-state index contributed by atoms with van der Waals surface area (Å²) >= 11 is 0. The number of ether oxygens (including phenoxy) is 1. The third kappa shape index (κ3) is 3.04. The normalized spacial score (nSPS) is 19.5. The van der Waals surface area contributed by atoms with Crippen LogP contribution in [0.25, 0.3) is 0 Å². The molecule has 2 amide bonds. The summed E-state index contributed by atoms with van der Waals surface area (Å²) in [6.07, 6.45) is 0.884. The molecule has 0 spiro atoms. The number of rotatable bonds is 3. The monoisotopic (exact) mass is 267 g/mol. The van der Waals surface area contributed by atoms with E-state index in [1.165, 1.54) is 6.20 Å². The lowest BCUT2D eigenvalue weighted by molar-refractivity contribution is -0.139. The van der Waals surface area contributed by atoms with Gasteiger partial charge in [-0.15, -0.1) is 0 Å². The minimum Gasteiger partial charge on any atom is -0.463 e. The first-order valence-electron chi connectivity index (χ1n) is 6.00. The fourth-order valence-electron chi connectivity index (χ4n) is 1.74. The predicted molar refractivity (Wildman–Crippen MR) is 62.9 cm³/mol. The van der Waals surface area contributed by atoms with Gasteiger partial charge in [-0.2, -0.15) is 9.37 Å². The van der Waals surface area contributed by atoms with E-state index in [0.29, 0.717) is 0 Å². The standard InChI is InChI=1S/C12H14FN3O3/c1-6(2)10-11(13)16-9(5-14-10)19-7-3-4-8(17)15-12(7)18/h5-7H,3-4H2,1-2H3,(H,15,17,18). The zero-order valence-corrected chi connectivity index (χ0v) is 10.6. The molecule has 1 aromatic heterocycles. The molecular formula is C12H14FN3O3. The van der Waals surface area contributed by atoms with E-state index in [9.17, 15) is 14.0 Å². The van der Waals surface area contributed by atoms with Gasteiger partial charge in [0, 0.05) is 18.8 Å². The van der Waals surface area contributed by atoms with Crippen molar-refractivity contribution in [3.63, 3.8) is 0 Å². The highest BCUT2D eigenvalue weighted by Gasteiger charge is 2.28. The van der Waals surface area contributed by atoms with E-state index in [-0.39, 0.29) is 36.2 Å². The van der Waals surface area contributed by atoms with Crippen molar-refractivity contribution in [3.8, 4) is 5.88 Å². The van der Waals surface area contributed by atoms with Crippen molar-refractivity contribution in [1.29, 1.82) is 0 Å². The maximum Gasteiger partial charge on any atom is 0.267 e. The fourth-order valence-corrected chi connectivity index (χ4v) is 1.74. The highest BCUT2D eigenvalue weighted by Crippen LogP contribution is 2.18. The second-order valence-corrected chi connectivity index (χ2v) is 4.60. The van der Waals surface area contributed by atoms with Crippen LogP contribution in [0.15, 0.2) is 6.20 Å². The van der Waals surface area contributed by atoms with E-state index >= 15 is 0 Å². The van der Waals surface area contributed by atoms with Gasteiger partial charge in [-0.3, -0.25) is 19.9 Å². The molecular weight excluding hydrogens is 253 g/mol. The zero-order chi connectivity index (χ0) is 14.0. The summed E-state index contributed by atoms with van der Waals surface area (Å²) in [7, 11) is 0. The number of imide groups is 1. The SMILES string of the molecule is CC(C)c1ncc(OC2CCC(=O)NC2=O)nc1F. The minimum absolute atomic E-state index is 0.0589. The molecule has 1 atom stereocenters. The van der Waals surface area contributed by atoms with Crippen LogP contribution in [0.1, 0.15) is 38.3 Å². The average Bonchev–Trinajstić information content (AvgIpc) is 2.32. The Morgan fingerprint density at radius 1 is 1.47 bits per heavy atom. The van der Waals surface area contributed by atoms with Gasteiger partial charge in [0.1, 0.15) is 0 Å². The van der Waals surface area contributed by atoms with Gasteiger partial charge in [0.05, 0.1) is 11.9 Å². The van der Waals surface area contributed by atoms with Crippen LogP contribution >= 0.6 is 0 Å². The molecule has 7 heteroatoms. The summed E-state index contributed by atoms with van der Waals surface area (Å²) in [5.41, 5.74) is 0.246. The largest absolute Gasteiger partial charge is 0.463 e. The lowest BCUT2D eigenvalue weighted by Crippen LogP contribution is -2.46. The number of carbonyl (C=O) groups is 2. The van der Waals surface area contributed by atoms with Crippen molar-refractivity contribution in [2.45, 2.75) is 38.7 Å². The molecule has 0 aromatic carbocycles. The number of piperidine rings is 1. The number of halogens is 1. The van der Waals surface area contributed by atoms with Crippen LogP contribution in [0.4, 0.5) is 4.39 Å².